The van der Waals surface area contributed by atoms with Crippen molar-refractivity contribution in [3.63, 3.8) is 0 Å². The summed E-state index contributed by atoms with van der Waals surface area (Å²) in [6.07, 6.45) is 0. The molecule has 4 aromatic rings. The van der Waals surface area contributed by atoms with Crippen LogP contribution in [0, 0.1) is 27.7 Å². The third kappa shape index (κ3) is 3.11. The molecule has 2 aliphatic carbocycles. The molecule has 0 amide bonds. The number of rotatable bonds is 0. The molecule has 0 heterocycles. The molecule has 6 rings (SSSR count). The summed E-state index contributed by atoms with van der Waals surface area (Å²) in [7, 11) is 0. The van der Waals surface area contributed by atoms with E-state index in [1.165, 1.54) is 5.56 Å². The topological polar surface area (TPSA) is 34.1 Å². The predicted molar refractivity (Wildman–Crippen MR) is 130 cm³/mol. The average molecular weight is 417 g/mol. The van der Waals surface area contributed by atoms with Crippen LogP contribution < -0.4 is 0 Å². The Labute approximate surface area is 188 Å². The van der Waals surface area contributed by atoms with Crippen LogP contribution in [-0.2, 0) is 0 Å². The van der Waals surface area contributed by atoms with Crippen LogP contribution in [0.15, 0.2) is 72.8 Å². The molecule has 0 atom stereocenters. The second kappa shape index (κ2) is 7.42. The van der Waals surface area contributed by atoms with E-state index in [-0.39, 0.29) is 11.6 Å². The number of hydrogen-bond acceptors (Lipinski definition) is 2. The van der Waals surface area contributed by atoms with Crippen molar-refractivity contribution in [1.82, 2.24) is 0 Å². The molecule has 0 N–H and O–H groups in total. The van der Waals surface area contributed by atoms with Gasteiger partial charge in [0.05, 0.1) is 0 Å². The molecule has 156 valence electrons. The lowest BCUT2D eigenvalue weighted by Crippen LogP contribution is -1.95. The third-order valence-electron chi connectivity index (χ3n) is 6.34. The first-order valence-corrected chi connectivity index (χ1v) is 10.9. The van der Waals surface area contributed by atoms with E-state index in [1.807, 2.05) is 63.2 Å². The van der Waals surface area contributed by atoms with Crippen LogP contribution in [0.5, 0.6) is 0 Å². The predicted octanol–water partition coefficient (Wildman–Crippen LogP) is 7.03. The van der Waals surface area contributed by atoms with Gasteiger partial charge in [-0.2, -0.15) is 0 Å². The number of ketones is 2. The smallest absolute Gasteiger partial charge is 0.194 e. The first kappa shape index (κ1) is 20.1. The van der Waals surface area contributed by atoms with Crippen LogP contribution in [0.2, 0.25) is 0 Å². The second-order valence-electron chi connectivity index (χ2n) is 8.80. The number of hydrogen-bond donors (Lipinski definition) is 0. The Bertz CT molecular complexity index is 1380. The number of benzene rings is 4. The van der Waals surface area contributed by atoms with Gasteiger partial charge in [0.25, 0.3) is 0 Å². The van der Waals surface area contributed by atoms with Gasteiger partial charge in [0, 0.05) is 22.3 Å². The van der Waals surface area contributed by atoms with Crippen molar-refractivity contribution in [2.45, 2.75) is 27.7 Å². The van der Waals surface area contributed by atoms with Crippen molar-refractivity contribution in [2.24, 2.45) is 0 Å². The Hall–Kier alpha value is -3.78. The molecule has 0 saturated carbocycles. The molecule has 2 nitrogen and oxygen atoms in total. The Morgan fingerprint density at radius 3 is 1.41 bits per heavy atom. The summed E-state index contributed by atoms with van der Waals surface area (Å²) < 4.78 is 0. The second-order valence-corrected chi connectivity index (χ2v) is 8.80. The van der Waals surface area contributed by atoms with Gasteiger partial charge in [-0.3, -0.25) is 9.59 Å². The summed E-state index contributed by atoms with van der Waals surface area (Å²) >= 11 is 0. The van der Waals surface area contributed by atoms with Crippen LogP contribution in [0.25, 0.3) is 22.3 Å². The van der Waals surface area contributed by atoms with Crippen molar-refractivity contribution in [3.05, 3.63) is 117 Å². The van der Waals surface area contributed by atoms with Crippen LogP contribution >= 0.6 is 0 Å². The molecule has 0 radical (unpaired) electrons. The monoisotopic (exact) mass is 416 g/mol. The molecule has 4 aromatic carbocycles. The van der Waals surface area contributed by atoms with Gasteiger partial charge in [-0.05, 0) is 73.7 Å². The molecule has 2 heteroatoms. The van der Waals surface area contributed by atoms with Gasteiger partial charge in [0.2, 0.25) is 0 Å². The van der Waals surface area contributed by atoms with Crippen LogP contribution in [0.3, 0.4) is 0 Å². The van der Waals surface area contributed by atoms with Crippen molar-refractivity contribution in [1.29, 1.82) is 0 Å². The Balaban J connectivity index is 0.000000135. The minimum absolute atomic E-state index is 0.164. The van der Waals surface area contributed by atoms with Crippen molar-refractivity contribution < 1.29 is 9.59 Å². The normalized spacial score (nSPS) is 12.5. The Kier molecular flexibility index (Phi) is 4.67. The van der Waals surface area contributed by atoms with Crippen LogP contribution in [0.4, 0.5) is 0 Å². The first-order chi connectivity index (χ1) is 15.3. The summed E-state index contributed by atoms with van der Waals surface area (Å²) in [5.41, 5.74) is 12.3. The lowest BCUT2D eigenvalue weighted by molar-refractivity contribution is 0.103. The number of carbonyl (C=O) groups is 2. The van der Waals surface area contributed by atoms with Crippen molar-refractivity contribution >= 4 is 11.6 Å². The lowest BCUT2D eigenvalue weighted by Gasteiger charge is -2.03. The van der Waals surface area contributed by atoms with Crippen molar-refractivity contribution in [3.8, 4) is 22.3 Å². The van der Waals surface area contributed by atoms with E-state index in [1.54, 1.807) is 0 Å². The fourth-order valence-electron chi connectivity index (χ4n) is 4.73. The first-order valence-electron chi connectivity index (χ1n) is 10.9. The van der Waals surface area contributed by atoms with Gasteiger partial charge >= 0.3 is 0 Å². The van der Waals surface area contributed by atoms with E-state index in [9.17, 15) is 9.59 Å². The molecule has 0 saturated heterocycles. The Morgan fingerprint density at radius 1 is 0.438 bits per heavy atom. The summed E-state index contributed by atoms with van der Waals surface area (Å²) in [4.78, 5) is 24.4. The van der Waals surface area contributed by atoms with Crippen LogP contribution in [-0.4, -0.2) is 11.6 Å². The fourth-order valence-corrected chi connectivity index (χ4v) is 4.73. The molecular weight excluding hydrogens is 392 g/mol. The molecule has 0 unspecified atom stereocenters. The largest absolute Gasteiger partial charge is 0.289 e. The van der Waals surface area contributed by atoms with Gasteiger partial charge in [-0.25, -0.2) is 0 Å². The summed E-state index contributed by atoms with van der Waals surface area (Å²) in [6.45, 7) is 8.11. The van der Waals surface area contributed by atoms with E-state index in [4.69, 9.17) is 0 Å². The zero-order chi connectivity index (χ0) is 22.6. The summed E-state index contributed by atoms with van der Waals surface area (Å²) in [5, 5.41) is 0. The van der Waals surface area contributed by atoms with Gasteiger partial charge in [-0.15, -0.1) is 0 Å². The van der Waals surface area contributed by atoms with E-state index >= 15 is 0 Å². The zero-order valence-electron chi connectivity index (χ0n) is 18.7. The highest BCUT2D eigenvalue weighted by Crippen LogP contribution is 2.39. The molecule has 0 aromatic heterocycles. The maximum atomic E-state index is 12.2. The fraction of sp³-hybridized carbons (Fsp3) is 0.133. The number of aryl methyl sites for hydroxylation is 4. The summed E-state index contributed by atoms with van der Waals surface area (Å²) in [6, 6.07) is 24.2. The SMILES string of the molecule is Cc1ccc2c(c1)C(=O)c1cc(C)ccc1-2.Cc1ccc2c(c1)C(=O)c1cccc(C)c1-2. The maximum Gasteiger partial charge on any atom is 0.194 e. The van der Waals surface area contributed by atoms with Gasteiger partial charge in [-0.1, -0.05) is 71.3 Å². The number of fused-ring (bicyclic) bond motifs is 6. The van der Waals surface area contributed by atoms with E-state index in [2.05, 4.69) is 37.3 Å². The molecule has 32 heavy (non-hydrogen) atoms. The molecule has 2 aliphatic rings. The third-order valence-corrected chi connectivity index (χ3v) is 6.34. The van der Waals surface area contributed by atoms with Crippen molar-refractivity contribution in [2.75, 3.05) is 0 Å². The van der Waals surface area contributed by atoms with Gasteiger partial charge in [0.1, 0.15) is 0 Å². The van der Waals surface area contributed by atoms with E-state index in [0.717, 1.165) is 61.2 Å². The minimum Gasteiger partial charge on any atom is -0.289 e. The standard InChI is InChI=1S/2C15H12O/c1-9-3-5-11-12-6-4-10(2)8-14(12)15(16)13(11)7-9;1-9-6-7-11-13(8-9)15(16)12-5-3-4-10(2)14(11)12/h2*3-8H,1-2H3. The van der Waals surface area contributed by atoms with Gasteiger partial charge < -0.3 is 0 Å². The Morgan fingerprint density at radius 2 is 0.875 bits per heavy atom. The molecule has 0 aliphatic heterocycles. The van der Waals surface area contributed by atoms with E-state index < -0.39 is 0 Å². The number of carbonyl (C=O) groups excluding carboxylic acids is 2. The highest BCUT2D eigenvalue weighted by Gasteiger charge is 2.27. The van der Waals surface area contributed by atoms with Crippen LogP contribution in [0.1, 0.15) is 54.1 Å². The molecule has 0 bridgehead atoms. The van der Waals surface area contributed by atoms with E-state index in [0.29, 0.717) is 0 Å². The summed E-state index contributed by atoms with van der Waals surface area (Å²) in [5.74, 6) is 0.329. The average Bonchev–Trinajstić information content (AvgIpc) is 3.21. The quantitative estimate of drug-likeness (QED) is 0.266. The minimum atomic E-state index is 0.164. The highest BCUT2D eigenvalue weighted by molar-refractivity contribution is 6.22. The molecule has 0 spiro atoms. The van der Waals surface area contributed by atoms with Gasteiger partial charge in [0.15, 0.2) is 11.6 Å². The highest BCUT2D eigenvalue weighted by atomic mass is 16.1. The maximum absolute atomic E-state index is 12.2. The zero-order valence-corrected chi connectivity index (χ0v) is 18.7. The molecule has 0 fully saturated rings. The lowest BCUT2D eigenvalue weighted by atomic mass is 10.00. The molecular formula is C30H24O2.